The molecule has 0 spiro atoms. The second-order valence-corrected chi connectivity index (χ2v) is 4.55. The number of hydrogen-bond donors (Lipinski definition) is 1. The van der Waals surface area contributed by atoms with Crippen molar-refractivity contribution in [3.05, 3.63) is 42.3 Å². The van der Waals surface area contributed by atoms with E-state index in [1.165, 1.54) is 12.1 Å². The van der Waals surface area contributed by atoms with Gasteiger partial charge in [-0.2, -0.15) is 4.98 Å². The second-order valence-electron chi connectivity index (χ2n) is 4.55. The monoisotopic (exact) mass is 261 g/mol. The van der Waals surface area contributed by atoms with E-state index in [4.69, 9.17) is 4.74 Å². The molecule has 2 aromatic rings. The highest BCUT2D eigenvalue weighted by atomic mass is 19.1. The fourth-order valence-corrected chi connectivity index (χ4v) is 1.40. The van der Waals surface area contributed by atoms with Crippen LogP contribution in [0, 0.1) is 11.7 Å². The molecule has 5 heteroatoms. The molecule has 0 atom stereocenters. The van der Waals surface area contributed by atoms with Crippen molar-refractivity contribution in [3.63, 3.8) is 0 Å². The number of rotatable bonds is 5. The molecule has 0 unspecified atom stereocenters. The van der Waals surface area contributed by atoms with Gasteiger partial charge in [-0.1, -0.05) is 13.8 Å². The average Bonchev–Trinajstić information content (AvgIpc) is 2.40. The molecular weight excluding hydrogens is 245 g/mol. The third-order valence-corrected chi connectivity index (χ3v) is 2.33. The maximum absolute atomic E-state index is 12.8. The van der Waals surface area contributed by atoms with Crippen molar-refractivity contribution in [2.75, 3.05) is 11.9 Å². The molecule has 0 bridgehead atoms. The summed E-state index contributed by atoms with van der Waals surface area (Å²) in [5.74, 6) is 1.69. The van der Waals surface area contributed by atoms with Gasteiger partial charge in [0.1, 0.15) is 11.6 Å². The fourth-order valence-electron chi connectivity index (χ4n) is 1.40. The SMILES string of the molecule is CC(C)CNc1nccc(Oc2ccc(F)cc2)n1. The molecule has 0 saturated carbocycles. The van der Waals surface area contributed by atoms with E-state index in [0.717, 1.165) is 6.54 Å². The van der Waals surface area contributed by atoms with Crippen LogP contribution in [-0.4, -0.2) is 16.5 Å². The number of aromatic nitrogens is 2. The van der Waals surface area contributed by atoms with Crippen LogP contribution in [0.25, 0.3) is 0 Å². The summed E-state index contributed by atoms with van der Waals surface area (Å²) in [5, 5.41) is 3.12. The molecule has 19 heavy (non-hydrogen) atoms. The summed E-state index contributed by atoms with van der Waals surface area (Å²) in [6.45, 7) is 5.00. The van der Waals surface area contributed by atoms with Crippen molar-refractivity contribution in [1.29, 1.82) is 0 Å². The molecule has 1 N–H and O–H groups in total. The predicted octanol–water partition coefficient (Wildman–Crippen LogP) is 3.48. The van der Waals surface area contributed by atoms with Crippen molar-refractivity contribution in [2.24, 2.45) is 5.92 Å². The van der Waals surface area contributed by atoms with Crippen molar-refractivity contribution >= 4 is 5.95 Å². The van der Waals surface area contributed by atoms with Gasteiger partial charge in [-0.15, -0.1) is 0 Å². The van der Waals surface area contributed by atoms with Gasteiger partial charge in [0.15, 0.2) is 0 Å². The number of ether oxygens (including phenoxy) is 1. The van der Waals surface area contributed by atoms with Gasteiger partial charge < -0.3 is 10.1 Å². The lowest BCUT2D eigenvalue weighted by molar-refractivity contribution is 0.460. The van der Waals surface area contributed by atoms with Crippen molar-refractivity contribution in [1.82, 2.24) is 9.97 Å². The van der Waals surface area contributed by atoms with E-state index in [-0.39, 0.29) is 5.82 Å². The molecule has 0 saturated heterocycles. The van der Waals surface area contributed by atoms with E-state index in [1.807, 2.05) is 0 Å². The Morgan fingerprint density at radius 3 is 2.63 bits per heavy atom. The van der Waals surface area contributed by atoms with Crippen molar-refractivity contribution in [2.45, 2.75) is 13.8 Å². The fraction of sp³-hybridized carbons (Fsp3) is 0.286. The zero-order valence-corrected chi connectivity index (χ0v) is 10.9. The van der Waals surface area contributed by atoms with E-state index in [0.29, 0.717) is 23.5 Å². The number of benzene rings is 1. The Kier molecular flexibility index (Phi) is 4.28. The van der Waals surface area contributed by atoms with Crippen LogP contribution < -0.4 is 10.1 Å². The van der Waals surface area contributed by atoms with Gasteiger partial charge >= 0.3 is 0 Å². The summed E-state index contributed by atoms with van der Waals surface area (Å²) in [7, 11) is 0. The van der Waals surface area contributed by atoms with Crippen LogP contribution in [0.3, 0.4) is 0 Å². The zero-order chi connectivity index (χ0) is 13.7. The molecule has 0 aliphatic carbocycles. The van der Waals surface area contributed by atoms with Crippen molar-refractivity contribution in [3.8, 4) is 11.6 Å². The lowest BCUT2D eigenvalue weighted by Gasteiger charge is -2.09. The van der Waals surface area contributed by atoms with Crippen LogP contribution in [0.2, 0.25) is 0 Å². The van der Waals surface area contributed by atoms with E-state index >= 15 is 0 Å². The quantitative estimate of drug-likeness (QED) is 0.895. The largest absolute Gasteiger partial charge is 0.439 e. The van der Waals surface area contributed by atoms with Crippen LogP contribution >= 0.6 is 0 Å². The van der Waals surface area contributed by atoms with Crippen LogP contribution in [0.15, 0.2) is 36.5 Å². The summed E-state index contributed by atoms with van der Waals surface area (Å²) >= 11 is 0. The van der Waals surface area contributed by atoms with E-state index in [9.17, 15) is 4.39 Å². The Morgan fingerprint density at radius 1 is 1.21 bits per heavy atom. The molecule has 0 amide bonds. The Morgan fingerprint density at radius 2 is 1.95 bits per heavy atom. The standard InChI is InChI=1S/C14H16FN3O/c1-10(2)9-17-14-16-8-7-13(18-14)19-12-5-3-11(15)4-6-12/h3-8,10H,9H2,1-2H3,(H,16,17,18). The smallest absolute Gasteiger partial charge is 0.225 e. The topological polar surface area (TPSA) is 47.0 Å². The molecule has 0 aliphatic rings. The molecule has 2 rings (SSSR count). The second kappa shape index (κ2) is 6.13. The van der Waals surface area contributed by atoms with Gasteiger partial charge in [0.05, 0.1) is 0 Å². The summed E-state index contributed by atoms with van der Waals surface area (Å²) in [6.07, 6.45) is 1.62. The molecule has 0 fully saturated rings. The molecule has 0 aliphatic heterocycles. The molecular formula is C14H16FN3O. The minimum absolute atomic E-state index is 0.297. The van der Waals surface area contributed by atoms with Gasteiger partial charge in [-0.3, -0.25) is 0 Å². The zero-order valence-electron chi connectivity index (χ0n) is 10.9. The lowest BCUT2D eigenvalue weighted by Crippen LogP contribution is -2.10. The number of nitrogens with one attached hydrogen (secondary N) is 1. The number of halogens is 1. The Bertz CT molecular complexity index is 528. The van der Waals surface area contributed by atoms with Crippen LogP contribution in [0.1, 0.15) is 13.8 Å². The normalized spacial score (nSPS) is 10.5. The van der Waals surface area contributed by atoms with Crippen LogP contribution in [0.5, 0.6) is 11.6 Å². The molecule has 1 aromatic carbocycles. The van der Waals surface area contributed by atoms with E-state index in [2.05, 4.69) is 29.1 Å². The van der Waals surface area contributed by atoms with E-state index in [1.54, 1.807) is 24.4 Å². The molecule has 4 nitrogen and oxygen atoms in total. The molecule has 1 aromatic heterocycles. The summed E-state index contributed by atoms with van der Waals surface area (Å²) < 4.78 is 18.3. The predicted molar refractivity (Wildman–Crippen MR) is 71.8 cm³/mol. The van der Waals surface area contributed by atoms with Crippen LogP contribution in [0.4, 0.5) is 10.3 Å². The Hall–Kier alpha value is -2.17. The summed E-state index contributed by atoms with van der Waals surface area (Å²) in [6, 6.07) is 7.45. The van der Waals surface area contributed by atoms with Gasteiger partial charge in [0, 0.05) is 18.8 Å². The van der Waals surface area contributed by atoms with Gasteiger partial charge in [0.25, 0.3) is 0 Å². The Labute approximate surface area is 111 Å². The maximum Gasteiger partial charge on any atom is 0.225 e. The first-order valence-corrected chi connectivity index (χ1v) is 6.14. The first kappa shape index (κ1) is 13.3. The third kappa shape index (κ3) is 4.21. The number of hydrogen-bond acceptors (Lipinski definition) is 4. The van der Waals surface area contributed by atoms with Gasteiger partial charge in [-0.25, -0.2) is 9.37 Å². The minimum Gasteiger partial charge on any atom is -0.439 e. The summed E-state index contributed by atoms with van der Waals surface area (Å²) in [5.41, 5.74) is 0. The summed E-state index contributed by atoms with van der Waals surface area (Å²) in [4.78, 5) is 8.33. The first-order chi connectivity index (χ1) is 9.13. The first-order valence-electron chi connectivity index (χ1n) is 6.14. The highest BCUT2D eigenvalue weighted by molar-refractivity contribution is 5.31. The highest BCUT2D eigenvalue weighted by Gasteiger charge is 2.02. The van der Waals surface area contributed by atoms with Gasteiger partial charge in [0.2, 0.25) is 11.8 Å². The number of anilines is 1. The average molecular weight is 261 g/mol. The van der Waals surface area contributed by atoms with Crippen LogP contribution in [-0.2, 0) is 0 Å². The molecule has 0 radical (unpaired) electrons. The minimum atomic E-state index is -0.297. The third-order valence-electron chi connectivity index (χ3n) is 2.33. The lowest BCUT2D eigenvalue weighted by atomic mass is 10.2. The highest BCUT2D eigenvalue weighted by Crippen LogP contribution is 2.19. The molecule has 100 valence electrons. The number of nitrogens with zero attached hydrogens (tertiary/aromatic N) is 2. The van der Waals surface area contributed by atoms with E-state index < -0.39 is 0 Å². The van der Waals surface area contributed by atoms with Gasteiger partial charge in [-0.05, 0) is 30.2 Å². The maximum atomic E-state index is 12.8. The molecule has 1 heterocycles. The Balaban J connectivity index is 2.04. The van der Waals surface area contributed by atoms with Crippen molar-refractivity contribution < 1.29 is 9.13 Å².